The van der Waals surface area contributed by atoms with Crippen LogP contribution < -0.4 is 10.6 Å². The maximum atomic E-state index is 3.22. The Morgan fingerprint density at radius 1 is 0.714 bits per heavy atom. The monoisotopic (exact) mass is 214 g/mol. The van der Waals surface area contributed by atoms with Gasteiger partial charge in [0.25, 0.3) is 0 Å². The minimum absolute atomic E-state index is 0. The fourth-order valence-electron chi connectivity index (χ4n) is 0.604. The van der Waals surface area contributed by atoms with Gasteiger partial charge in [0, 0.05) is 26.2 Å². The first-order valence-electron chi connectivity index (χ1n) is 2.41. The van der Waals surface area contributed by atoms with E-state index in [0.29, 0.717) is 0 Å². The molecule has 1 rings (SSSR count). The average molecular weight is 214 g/mol. The van der Waals surface area contributed by atoms with E-state index < -0.39 is 0 Å². The predicted octanol–water partition coefficient (Wildman–Crippen LogP) is -0.203. The fraction of sp³-hybridized carbons (Fsp3) is 1.00. The molecule has 0 atom stereocenters. The number of nitrogens with one attached hydrogen (secondary N) is 2. The van der Waals surface area contributed by atoms with Crippen molar-refractivity contribution < 1.29 is 0 Å². The highest BCUT2D eigenvalue weighted by Gasteiger charge is 1.91. The third kappa shape index (κ3) is 3.25. The summed E-state index contributed by atoms with van der Waals surface area (Å²) in [6.07, 6.45) is 0. The van der Waals surface area contributed by atoms with Gasteiger partial charge in [0.05, 0.1) is 0 Å². The summed E-state index contributed by atoms with van der Waals surface area (Å²) in [6.45, 7) is 4.56. The zero-order valence-corrected chi connectivity index (χ0v) is 6.57. The van der Waals surface area contributed by atoms with Gasteiger partial charge in [0.2, 0.25) is 0 Å². The van der Waals surface area contributed by atoms with Crippen molar-refractivity contribution in [1.82, 2.24) is 10.6 Å². The average Bonchev–Trinajstić information content (AvgIpc) is 1.72. The summed E-state index contributed by atoms with van der Waals surface area (Å²) in [7, 11) is 0. The van der Waals surface area contributed by atoms with Crippen molar-refractivity contribution in [2.24, 2.45) is 0 Å². The molecule has 1 aliphatic heterocycles. The van der Waals surface area contributed by atoms with Crippen LogP contribution in [-0.4, -0.2) is 26.2 Å². The molecule has 0 saturated carbocycles. The molecule has 0 radical (unpaired) electrons. The molecule has 1 heterocycles. The highest BCUT2D eigenvalue weighted by atomic mass is 127. The standard InChI is InChI=1S/C4H10N2.HI/c1-2-6-4-3-5-1;/h5-6H,1-4H2;1H. The van der Waals surface area contributed by atoms with Crippen LogP contribution in [-0.2, 0) is 0 Å². The molecular weight excluding hydrogens is 203 g/mol. The number of piperazine rings is 1. The molecule has 7 heavy (non-hydrogen) atoms. The van der Waals surface area contributed by atoms with Crippen molar-refractivity contribution in [1.29, 1.82) is 0 Å². The predicted molar refractivity (Wildman–Crippen MR) is 41.2 cm³/mol. The molecule has 1 fully saturated rings. The van der Waals surface area contributed by atoms with E-state index >= 15 is 0 Å². The van der Waals surface area contributed by atoms with Crippen molar-refractivity contribution in [2.45, 2.75) is 0 Å². The van der Waals surface area contributed by atoms with Gasteiger partial charge in [-0.2, -0.15) is 0 Å². The lowest BCUT2D eigenvalue weighted by atomic mass is 10.4. The van der Waals surface area contributed by atoms with Gasteiger partial charge in [-0.1, -0.05) is 0 Å². The minimum Gasteiger partial charge on any atom is -0.314 e. The van der Waals surface area contributed by atoms with Crippen molar-refractivity contribution in [2.75, 3.05) is 26.2 Å². The van der Waals surface area contributed by atoms with E-state index in [2.05, 4.69) is 10.6 Å². The SMILES string of the molecule is C1CNCCN1.I. The molecule has 0 spiro atoms. The summed E-state index contributed by atoms with van der Waals surface area (Å²) in [5.74, 6) is 0. The Morgan fingerprint density at radius 3 is 1.14 bits per heavy atom. The molecule has 3 heteroatoms. The number of rotatable bonds is 0. The van der Waals surface area contributed by atoms with E-state index in [4.69, 9.17) is 0 Å². The normalized spacial score (nSPS) is 20.6. The number of hydrogen-bond donors (Lipinski definition) is 2. The smallest absolute Gasteiger partial charge is 0.00772 e. The second-order valence-electron chi connectivity index (χ2n) is 1.50. The molecule has 0 aromatic carbocycles. The quantitative estimate of drug-likeness (QED) is 0.545. The molecule has 44 valence electrons. The zero-order valence-electron chi connectivity index (χ0n) is 4.24. The first-order chi connectivity index (χ1) is 3.00. The Morgan fingerprint density at radius 2 is 1.00 bits per heavy atom. The highest BCUT2D eigenvalue weighted by Crippen LogP contribution is 1.65. The van der Waals surface area contributed by atoms with Crippen LogP contribution in [0, 0.1) is 0 Å². The van der Waals surface area contributed by atoms with E-state index in [1.807, 2.05) is 0 Å². The molecule has 2 nitrogen and oxygen atoms in total. The molecule has 1 saturated heterocycles. The van der Waals surface area contributed by atoms with Crippen molar-refractivity contribution >= 4 is 24.0 Å². The third-order valence-electron chi connectivity index (χ3n) is 0.957. The number of hydrogen-bond acceptors (Lipinski definition) is 2. The highest BCUT2D eigenvalue weighted by molar-refractivity contribution is 14.0. The Balaban J connectivity index is 0.000000360. The summed E-state index contributed by atoms with van der Waals surface area (Å²) in [5.41, 5.74) is 0. The van der Waals surface area contributed by atoms with Gasteiger partial charge < -0.3 is 10.6 Å². The zero-order chi connectivity index (χ0) is 4.24. The summed E-state index contributed by atoms with van der Waals surface area (Å²) in [4.78, 5) is 0. The molecule has 0 bridgehead atoms. The maximum Gasteiger partial charge on any atom is 0.00772 e. The first kappa shape index (κ1) is 7.65. The Kier molecular flexibility index (Phi) is 5.25. The van der Waals surface area contributed by atoms with E-state index in [1.54, 1.807) is 0 Å². The lowest BCUT2D eigenvalue weighted by Gasteiger charge is -2.11. The van der Waals surface area contributed by atoms with Crippen LogP contribution in [0.4, 0.5) is 0 Å². The fourth-order valence-corrected chi connectivity index (χ4v) is 0.604. The molecule has 2 N–H and O–H groups in total. The van der Waals surface area contributed by atoms with Crippen LogP contribution in [0.3, 0.4) is 0 Å². The van der Waals surface area contributed by atoms with Gasteiger partial charge in [-0.15, -0.1) is 24.0 Å². The van der Waals surface area contributed by atoms with E-state index in [-0.39, 0.29) is 24.0 Å². The van der Waals surface area contributed by atoms with Gasteiger partial charge in [-0.05, 0) is 0 Å². The number of halogens is 1. The molecular formula is C4H11IN2. The second kappa shape index (κ2) is 4.80. The van der Waals surface area contributed by atoms with Crippen molar-refractivity contribution in [3.8, 4) is 0 Å². The summed E-state index contributed by atoms with van der Waals surface area (Å²) in [6, 6.07) is 0. The molecule has 0 aromatic heterocycles. The van der Waals surface area contributed by atoms with Gasteiger partial charge in [0.15, 0.2) is 0 Å². The first-order valence-corrected chi connectivity index (χ1v) is 2.41. The molecule has 0 unspecified atom stereocenters. The van der Waals surface area contributed by atoms with E-state index in [9.17, 15) is 0 Å². The van der Waals surface area contributed by atoms with Gasteiger partial charge in [-0.25, -0.2) is 0 Å². The van der Waals surface area contributed by atoms with Crippen molar-refractivity contribution in [3.05, 3.63) is 0 Å². The molecule has 0 aliphatic carbocycles. The van der Waals surface area contributed by atoms with Crippen LogP contribution in [0.1, 0.15) is 0 Å². The maximum absolute atomic E-state index is 3.22. The molecule has 1 aliphatic rings. The third-order valence-corrected chi connectivity index (χ3v) is 0.957. The van der Waals surface area contributed by atoms with Gasteiger partial charge >= 0.3 is 0 Å². The summed E-state index contributed by atoms with van der Waals surface area (Å²) < 4.78 is 0. The van der Waals surface area contributed by atoms with Gasteiger partial charge in [0.1, 0.15) is 0 Å². The Hall–Kier alpha value is 0.650. The Bertz CT molecular complexity index is 25.2. The van der Waals surface area contributed by atoms with E-state index in [1.165, 1.54) is 0 Å². The largest absolute Gasteiger partial charge is 0.314 e. The van der Waals surface area contributed by atoms with Crippen molar-refractivity contribution in [3.63, 3.8) is 0 Å². The lowest BCUT2D eigenvalue weighted by molar-refractivity contribution is 0.534. The summed E-state index contributed by atoms with van der Waals surface area (Å²) >= 11 is 0. The van der Waals surface area contributed by atoms with Gasteiger partial charge in [-0.3, -0.25) is 0 Å². The van der Waals surface area contributed by atoms with Crippen LogP contribution in [0.15, 0.2) is 0 Å². The molecule has 0 amide bonds. The van der Waals surface area contributed by atoms with Crippen LogP contribution in [0.25, 0.3) is 0 Å². The topological polar surface area (TPSA) is 24.1 Å². The van der Waals surface area contributed by atoms with Crippen LogP contribution >= 0.6 is 24.0 Å². The summed E-state index contributed by atoms with van der Waals surface area (Å²) in [5, 5.41) is 6.44. The Labute approximate surface area is 61.1 Å². The lowest BCUT2D eigenvalue weighted by Crippen LogP contribution is -2.39. The molecule has 0 aromatic rings. The van der Waals surface area contributed by atoms with E-state index in [0.717, 1.165) is 26.2 Å². The van der Waals surface area contributed by atoms with Crippen LogP contribution in [0.5, 0.6) is 0 Å². The second-order valence-corrected chi connectivity index (χ2v) is 1.50. The van der Waals surface area contributed by atoms with Crippen LogP contribution in [0.2, 0.25) is 0 Å². The minimum atomic E-state index is 0.